The molecule has 16 heavy (non-hydrogen) atoms. The molecule has 1 heterocycles. The Morgan fingerprint density at radius 3 is 2.94 bits per heavy atom. The first-order chi connectivity index (χ1) is 7.75. The van der Waals surface area contributed by atoms with Crippen LogP contribution in [0, 0.1) is 10.1 Å². The van der Waals surface area contributed by atoms with Gasteiger partial charge in [-0.2, -0.15) is 12.6 Å². The van der Waals surface area contributed by atoms with Crippen molar-refractivity contribution in [1.82, 2.24) is 4.98 Å². The molecule has 0 unspecified atom stereocenters. The molecule has 0 N–H and O–H groups in total. The van der Waals surface area contributed by atoms with E-state index in [1.807, 2.05) is 0 Å². The molecule has 0 radical (unpaired) electrons. The predicted octanol–water partition coefficient (Wildman–Crippen LogP) is 2.47. The summed E-state index contributed by atoms with van der Waals surface area (Å²) in [5, 5.41) is 10.6. The summed E-state index contributed by atoms with van der Waals surface area (Å²) in [6, 6.07) is 3.18. The van der Waals surface area contributed by atoms with E-state index in [0.29, 0.717) is 6.61 Å². The van der Waals surface area contributed by atoms with Gasteiger partial charge in [-0.1, -0.05) is 0 Å². The Kier molecular flexibility index (Phi) is 5.63. The maximum atomic E-state index is 10.6. The zero-order chi connectivity index (χ0) is 11.8. The highest BCUT2D eigenvalue weighted by molar-refractivity contribution is 7.80. The van der Waals surface area contributed by atoms with Gasteiger partial charge in [-0.25, -0.2) is 0 Å². The maximum absolute atomic E-state index is 10.6. The first-order valence-electron chi connectivity index (χ1n) is 5.08. The Bertz CT molecular complexity index is 347. The average molecular weight is 242 g/mol. The fourth-order valence-electron chi connectivity index (χ4n) is 1.20. The largest absolute Gasteiger partial charge is 0.486 e. The minimum Gasteiger partial charge on any atom is -0.486 e. The molecule has 0 aliphatic carbocycles. The van der Waals surface area contributed by atoms with E-state index in [1.165, 1.54) is 6.20 Å². The van der Waals surface area contributed by atoms with E-state index in [1.54, 1.807) is 12.1 Å². The predicted molar refractivity (Wildman–Crippen MR) is 64.1 cm³/mol. The number of unbranched alkanes of at least 4 members (excludes halogenated alkanes) is 2. The number of rotatable bonds is 7. The molecule has 0 fully saturated rings. The number of nitrogens with zero attached hydrogens (tertiary/aromatic N) is 2. The van der Waals surface area contributed by atoms with Crippen molar-refractivity contribution in [3.63, 3.8) is 0 Å². The van der Waals surface area contributed by atoms with Gasteiger partial charge >= 0.3 is 5.82 Å². The van der Waals surface area contributed by atoms with Gasteiger partial charge in [0.25, 0.3) is 0 Å². The standard InChI is InChI=1S/C10H14N2O3S/c13-12(14)10-9(5-4-6-11-10)15-7-2-1-3-8-16/h4-6,16H,1-3,7-8H2. The van der Waals surface area contributed by atoms with Crippen LogP contribution in [-0.2, 0) is 0 Å². The zero-order valence-corrected chi connectivity index (χ0v) is 9.73. The summed E-state index contributed by atoms with van der Waals surface area (Å²) in [6.07, 6.45) is 4.29. The SMILES string of the molecule is O=[N+]([O-])c1ncccc1OCCCCCS. The molecule has 0 saturated carbocycles. The number of hydrogen-bond acceptors (Lipinski definition) is 5. The van der Waals surface area contributed by atoms with Gasteiger partial charge in [0.15, 0.2) is 0 Å². The lowest BCUT2D eigenvalue weighted by molar-refractivity contribution is -0.390. The molecule has 0 aliphatic rings. The maximum Gasteiger partial charge on any atom is 0.406 e. The third kappa shape index (κ3) is 4.06. The Labute approximate surface area is 99.4 Å². The highest BCUT2D eigenvalue weighted by Gasteiger charge is 2.14. The summed E-state index contributed by atoms with van der Waals surface area (Å²) in [4.78, 5) is 13.7. The smallest absolute Gasteiger partial charge is 0.406 e. The summed E-state index contributed by atoms with van der Waals surface area (Å²) >= 11 is 4.10. The van der Waals surface area contributed by atoms with E-state index in [-0.39, 0.29) is 11.6 Å². The van der Waals surface area contributed by atoms with Crippen molar-refractivity contribution in [3.8, 4) is 5.75 Å². The Morgan fingerprint density at radius 2 is 2.25 bits per heavy atom. The van der Waals surface area contributed by atoms with E-state index in [4.69, 9.17) is 4.74 Å². The third-order valence-corrected chi connectivity index (χ3v) is 2.30. The van der Waals surface area contributed by atoms with E-state index in [2.05, 4.69) is 17.6 Å². The summed E-state index contributed by atoms with van der Waals surface area (Å²) in [6.45, 7) is 0.473. The topological polar surface area (TPSA) is 65.3 Å². The van der Waals surface area contributed by atoms with Gasteiger partial charge in [-0.05, 0) is 47.1 Å². The second-order valence-corrected chi connectivity index (χ2v) is 3.66. The first kappa shape index (κ1) is 12.8. The second-order valence-electron chi connectivity index (χ2n) is 3.21. The normalized spacial score (nSPS) is 10.1. The molecule has 0 aliphatic heterocycles. The number of thiol groups is 1. The van der Waals surface area contributed by atoms with Crippen LogP contribution >= 0.6 is 12.6 Å². The molecule has 1 aromatic rings. The first-order valence-corrected chi connectivity index (χ1v) is 5.72. The monoisotopic (exact) mass is 242 g/mol. The molecule has 1 aromatic heterocycles. The molecular formula is C10H14N2O3S. The minimum atomic E-state index is -0.539. The van der Waals surface area contributed by atoms with Crippen LogP contribution in [0.2, 0.25) is 0 Å². The molecule has 88 valence electrons. The summed E-state index contributed by atoms with van der Waals surface area (Å²) in [7, 11) is 0. The lowest BCUT2D eigenvalue weighted by atomic mass is 10.3. The van der Waals surface area contributed by atoms with Gasteiger partial charge in [-0.3, -0.25) is 0 Å². The van der Waals surface area contributed by atoms with Crippen LogP contribution in [-0.4, -0.2) is 22.3 Å². The van der Waals surface area contributed by atoms with Gasteiger partial charge in [-0.15, -0.1) is 0 Å². The minimum absolute atomic E-state index is 0.225. The molecule has 5 nitrogen and oxygen atoms in total. The molecule has 0 saturated heterocycles. The number of nitro groups is 1. The van der Waals surface area contributed by atoms with Crippen molar-refractivity contribution >= 4 is 18.4 Å². The van der Waals surface area contributed by atoms with Gasteiger partial charge in [0.2, 0.25) is 5.75 Å². The van der Waals surface area contributed by atoms with Crippen LogP contribution in [0.1, 0.15) is 19.3 Å². The summed E-state index contributed by atoms with van der Waals surface area (Å²) < 4.78 is 5.32. The van der Waals surface area contributed by atoms with Crippen molar-refractivity contribution in [3.05, 3.63) is 28.4 Å². The molecule has 0 atom stereocenters. The third-order valence-electron chi connectivity index (χ3n) is 1.98. The fraction of sp³-hybridized carbons (Fsp3) is 0.500. The van der Waals surface area contributed by atoms with E-state index in [0.717, 1.165) is 25.0 Å². The van der Waals surface area contributed by atoms with E-state index >= 15 is 0 Å². The molecule has 0 spiro atoms. The number of pyridine rings is 1. The molecule has 6 heteroatoms. The van der Waals surface area contributed by atoms with E-state index < -0.39 is 4.92 Å². The summed E-state index contributed by atoms with van der Waals surface area (Å²) in [5.74, 6) is 0.864. The van der Waals surface area contributed by atoms with Crippen LogP contribution in [0.4, 0.5) is 5.82 Å². The van der Waals surface area contributed by atoms with Gasteiger partial charge in [0, 0.05) is 0 Å². The molecule has 0 aromatic carbocycles. The lowest BCUT2D eigenvalue weighted by Gasteiger charge is -2.05. The fourth-order valence-corrected chi connectivity index (χ4v) is 1.43. The lowest BCUT2D eigenvalue weighted by Crippen LogP contribution is -2.01. The van der Waals surface area contributed by atoms with Crippen LogP contribution in [0.25, 0.3) is 0 Å². The Hall–Kier alpha value is -1.30. The Morgan fingerprint density at radius 1 is 1.44 bits per heavy atom. The van der Waals surface area contributed by atoms with Crippen LogP contribution in [0.15, 0.2) is 18.3 Å². The Balaban J connectivity index is 2.44. The van der Waals surface area contributed by atoms with Crippen LogP contribution in [0.5, 0.6) is 5.75 Å². The van der Waals surface area contributed by atoms with Crippen molar-refractivity contribution in [2.24, 2.45) is 0 Å². The van der Waals surface area contributed by atoms with Gasteiger partial charge in [0.1, 0.15) is 6.20 Å². The molecular weight excluding hydrogens is 228 g/mol. The average Bonchev–Trinajstić information content (AvgIpc) is 2.29. The molecule has 1 rings (SSSR count). The molecule has 0 bridgehead atoms. The summed E-state index contributed by atoms with van der Waals surface area (Å²) in [5.41, 5.74) is 0. The number of ether oxygens (including phenoxy) is 1. The second kappa shape index (κ2) is 7.05. The van der Waals surface area contributed by atoms with Crippen molar-refractivity contribution in [1.29, 1.82) is 0 Å². The highest BCUT2D eigenvalue weighted by atomic mass is 32.1. The van der Waals surface area contributed by atoms with Gasteiger partial charge < -0.3 is 14.9 Å². The van der Waals surface area contributed by atoms with Crippen molar-refractivity contribution in [2.75, 3.05) is 12.4 Å². The van der Waals surface area contributed by atoms with Gasteiger partial charge in [0.05, 0.1) is 6.61 Å². The highest BCUT2D eigenvalue weighted by Crippen LogP contribution is 2.22. The quantitative estimate of drug-likeness (QED) is 0.345. The zero-order valence-electron chi connectivity index (χ0n) is 8.83. The van der Waals surface area contributed by atoms with Crippen molar-refractivity contribution in [2.45, 2.75) is 19.3 Å². The van der Waals surface area contributed by atoms with Crippen molar-refractivity contribution < 1.29 is 9.66 Å². The van der Waals surface area contributed by atoms with E-state index in [9.17, 15) is 10.1 Å². The number of hydrogen-bond donors (Lipinski definition) is 1. The molecule has 0 amide bonds. The van der Waals surface area contributed by atoms with Crippen LogP contribution < -0.4 is 4.74 Å². The van der Waals surface area contributed by atoms with Crippen LogP contribution in [0.3, 0.4) is 0 Å². The number of aromatic nitrogens is 1.